The number of pyridine rings is 1. The first-order valence-electron chi connectivity index (χ1n) is 5.91. The van der Waals surface area contributed by atoms with Crippen LogP contribution in [-0.2, 0) is 10.0 Å². The molecule has 1 aromatic carbocycles. The molecule has 1 N–H and O–H groups in total. The molecular weight excluding hydrogens is 260 g/mol. The molecule has 0 aliphatic heterocycles. The molecular formula is C14H16N2O2S. The highest BCUT2D eigenvalue weighted by Crippen LogP contribution is 2.19. The van der Waals surface area contributed by atoms with Gasteiger partial charge in [-0.25, -0.2) is 13.4 Å². The lowest BCUT2D eigenvalue weighted by atomic mass is 10.2. The second-order valence-corrected chi connectivity index (χ2v) is 6.25. The van der Waals surface area contributed by atoms with E-state index >= 15 is 0 Å². The third-order valence-corrected chi connectivity index (χ3v) is 4.28. The fourth-order valence-electron chi connectivity index (χ4n) is 1.72. The number of hydrogen-bond donors (Lipinski definition) is 1. The number of hydrogen-bond acceptors (Lipinski definition) is 3. The van der Waals surface area contributed by atoms with E-state index in [-0.39, 0.29) is 4.90 Å². The Balaban J connectivity index is 2.37. The summed E-state index contributed by atoms with van der Waals surface area (Å²) in [7, 11) is -3.59. The van der Waals surface area contributed by atoms with Gasteiger partial charge in [0.1, 0.15) is 5.82 Å². The molecule has 4 nitrogen and oxygen atoms in total. The van der Waals surface area contributed by atoms with Gasteiger partial charge in [0.15, 0.2) is 0 Å². The van der Waals surface area contributed by atoms with Gasteiger partial charge in [-0.15, -0.1) is 0 Å². The summed E-state index contributed by atoms with van der Waals surface area (Å²) in [6.07, 6.45) is 1.63. The molecule has 0 atom stereocenters. The van der Waals surface area contributed by atoms with Gasteiger partial charge in [-0.2, -0.15) is 0 Å². The SMILES string of the molecule is Cc1ccc(NS(=O)(=O)c2cc(C)ccc2C)nc1. The van der Waals surface area contributed by atoms with Crippen molar-refractivity contribution in [1.29, 1.82) is 0 Å². The average Bonchev–Trinajstić information content (AvgIpc) is 2.35. The normalized spacial score (nSPS) is 11.3. The van der Waals surface area contributed by atoms with E-state index in [4.69, 9.17) is 0 Å². The summed E-state index contributed by atoms with van der Waals surface area (Å²) in [4.78, 5) is 4.34. The smallest absolute Gasteiger partial charge is 0.263 e. The van der Waals surface area contributed by atoms with Crippen LogP contribution in [0.3, 0.4) is 0 Å². The molecule has 0 spiro atoms. The Morgan fingerprint density at radius 1 is 1.00 bits per heavy atom. The highest BCUT2D eigenvalue weighted by molar-refractivity contribution is 7.92. The Morgan fingerprint density at radius 2 is 1.68 bits per heavy atom. The molecule has 0 saturated carbocycles. The monoisotopic (exact) mass is 276 g/mol. The van der Waals surface area contributed by atoms with Crippen molar-refractivity contribution in [2.75, 3.05) is 4.72 Å². The van der Waals surface area contributed by atoms with Crippen LogP contribution in [0.5, 0.6) is 0 Å². The number of nitrogens with zero attached hydrogens (tertiary/aromatic N) is 1. The summed E-state index contributed by atoms with van der Waals surface area (Å²) in [6, 6.07) is 8.81. The maximum Gasteiger partial charge on any atom is 0.263 e. The van der Waals surface area contributed by atoms with Crippen molar-refractivity contribution < 1.29 is 8.42 Å². The largest absolute Gasteiger partial charge is 0.263 e. The van der Waals surface area contributed by atoms with Crippen molar-refractivity contribution in [2.45, 2.75) is 25.7 Å². The van der Waals surface area contributed by atoms with E-state index in [1.165, 1.54) is 0 Å². The van der Waals surface area contributed by atoms with Gasteiger partial charge in [0.05, 0.1) is 4.90 Å². The van der Waals surface area contributed by atoms with E-state index in [1.54, 1.807) is 31.3 Å². The zero-order chi connectivity index (χ0) is 14.0. The molecule has 0 bridgehead atoms. The lowest BCUT2D eigenvalue weighted by Crippen LogP contribution is -2.15. The van der Waals surface area contributed by atoms with Crippen molar-refractivity contribution in [3.8, 4) is 0 Å². The van der Waals surface area contributed by atoms with Gasteiger partial charge >= 0.3 is 0 Å². The molecule has 0 aliphatic carbocycles. The predicted molar refractivity (Wildman–Crippen MR) is 75.7 cm³/mol. The predicted octanol–water partition coefficient (Wildman–Crippen LogP) is 2.81. The molecule has 2 aromatic rings. The summed E-state index contributed by atoms with van der Waals surface area (Å²) >= 11 is 0. The first kappa shape index (κ1) is 13.5. The molecule has 0 radical (unpaired) electrons. The molecule has 0 unspecified atom stereocenters. The second-order valence-electron chi connectivity index (χ2n) is 4.60. The minimum atomic E-state index is -3.59. The lowest BCUT2D eigenvalue weighted by Gasteiger charge is -2.10. The van der Waals surface area contributed by atoms with Gasteiger partial charge in [0.25, 0.3) is 10.0 Å². The van der Waals surface area contributed by atoms with Gasteiger partial charge < -0.3 is 0 Å². The molecule has 100 valence electrons. The standard InChI is InChI=1S/C14H16N2O2S/c1-10-4-6-12(3)13(8-10)19(17,18)16-14-7-5-11(2)9-15-14/h4-9H,1-3H3,(H,15,16). The van der Waals surface area contributed by atoms with Crippen molar-refractivity contribution in [3.63, 3.8) is 0 Å². The third kappa shape index (κ3) is 3.12. The van der Waals surface area contributed by atoms with Crippen LogP contribution in [0.2, 0.25) is 0 Å². The first-order valence-corrected chi connectivity index (χ1v) is 7.39. The van der Waals surface area contributed by atoms with Crippen molar-refractivity contribution in [2.24, 2.45) is 0 Å². The molecule has 5 heteroatoms. The fourth-order valence-corrected chi connectivity index (χ4v) is 3.06. The third-order valence-electron chi connectivity index (χ3n) is 2.78. The number of rotatable bonds is 3. The quantitative estimate of drug-likeness (QED) is 0.937. The maximum atomic E-state index is 12.3. The van der Waals surface area contributed by atoms with Crippen LogP contribution in [0, 0.1) is 20.8 Å². The van der Waals surface area contributed by atoms with Gasteiger partial charge in [-0.1, -0.05) is 18.2 Å². The van der Waals surface area contributed by atoms with Gasteiger partial charge in [-0.05, 0) is 49.6 Å². The fraction of sp³-hybridized carbons (Fsp3) is 0.214. The minimum Gasteiger partial charge on any atom is -0.263 e. The summed E-state index contributed by atoms with van der Waals surface area (Å²) in [6.45, 7) is 5.54. The lowest BCUT2D eigenvalue weighted by molar-refractivity contribution is 0.600. The topological polar surface area (TPSA) is 59.1 Å². The molecule has 2 rings (SSSR count). The van der Waals surface area contributed by atoms with Crippen LogP contribution >= 0.6 is 0 Å². The molecule has 0 saturated heterocycles. The number of anilines is 1. The molecule has 0 amide bonds. The van der Waals surface area contributed by atoms with Gasteiger partial charge in [0, 0.05) is 6.20 Å². The maximum absolute atomic E-state index is 12.3. The molecule has 0 fully saturated rings. The number of aromatic nitrogens is 1. The van der Waals surface area contributed by atoms with Gasteiger partial charge in [0.2, 0.25) is 0 Å². The Kier molecular flexibility index (Phi) is 3.57. The van der Waals surface area contributed by atoms with E-state index in [0.717, 1.165) is 11.1 Å². The number of nitrogens with one attached hydrogen (secondary N) is 1. The van der Waals surface area contributed by atoms with Crippen LogP contribution in [0.4, 0.5) is 5.82 Å². The minimum absolute atomic E-state index is 0.287. The highest BCUT2D eigenvalue weighted by atomic mass is 32.2. The Hall–Kier alpha value is -1.88. The summed E-state index contributed by atoms with van der Waals surface area (Å²) in [5.41, 5.74) is 2.60. The van der Waals surface area contributed by atoms with E-state index in [9.17, 15) is 8.42 Å². The zero-order valence-electron chi connectivity index (χ0n) is 11.1. The van der Waals surface area contributed by atoms with Crippen molar-refractivity contribution in [3.05, 3.63) is 53.2 Å². The van der Waals surface area contributed by atoms with Crippen LogP contribution in [0.25, 0.3) is 0 Å². The number of aryl methyl sites for hydroxylation is 3. The summed E-state index contributed by atoms with van der Waals surface area (Å²) < 4.78 is 27.1. The Morgan fingerprint density at radius 3 is 2.32 bits per heavy atom. The number of benzene rings is 1. The summed E-state index contributed by atoms with van der Waals surface area (Å²) in [5.74, 6) is 0.325. The second kappa shape index (κ2) is 5.01. The highest BCUT2D eigenvalue weighted by Gasteiger charge is 2.17. The van der Waals surface area contributed by atoms with Crippen LogP contribution in [-0.4, -0.2) is 13.4 Å². The van der Waals surface area contributed by atoms with E-state index < -0.39 is 10.0 Å². The zero-order valence-corrected chi connectivity index (χ0v) is 12.0. The van der Waals surface area contributed by atoms with E-state index in [2.05, 4.69) is 9.71 Å². The van der Waals surface area contributed by atoms with Crippen molar-refractivity contribution in [1.82, 2.24) is 4.98 Å². The van der Waals surface area contributed by atoms with E-state index in [0.29, 0.717) is 11.4 Å². The average molecular weight is 276 g/mol. The van der Waals surface area contributed by atoms with Crippen LogP contribution < -0.4 is 4.72 Å². The molecule has 1 heterocycles. The van der Waals surface area contributed by atoms with Crippen molar-refractivity contribution >= 4 is 15.8 Å². The number of sulfonamides is 1. The Bertz CT molecular complexity index is 692. The van der Waals surface area contributed by atoms with E-state index in [1.807, 2.05) is 26.0 Å². The van der Waals surface area contributed by atoms with Crippen LogP contribution in [0.1, 0.15) is 16.7 Å². The molecule has 19 heavy (non-hydrogen) atoms. The van der Waals surface area contributed by atoms with Crippen LogP contribution in [0.15, 0.2) is 41.4 Å². The molecule has 1 aromatic heterocycles. The first-order chi connectivity index (χ1) is 8.88. The molecule has 0 aliphatic rings. The Labute approximate surface area is 113 Å². The van der Waals surface area contributed by atoms with Gasteiger partial charge in [-0.3, -0.25) is 4.72 Å². The summed E-state index contributed by atoms with van der Waals surface area (Å²) in [5, 5.41) is 0.